The van der Waals surface area contributed by atoms with Crippen molar-refractivity contribution in [3.8, 4) is 0 Å². The molecule has 1 saturated carbocycles. The van der Waals surface area contributed by atoms with Gasteiger partial charge in [-0.05, 0) is 61.2 Å². The third-order valence-electron chi connectivity index (χ3n) is 8.81. The van der Waals surface area contributed by atoms with Gasteiger partial charge in [0.1, 0.15) is 12.6 Å². The van der Waals surface area contributed by atoms with Crippen LogP contribution in [0, 0.1) is 6.92 Å². The minimum Gasteiger partial charge on any atom is -0.352 e. The fourth-order valence-corrected chi connectivity index (χ4v) is 7.93. The Morgan fingerprint density at radius 3 is 2.14 bits per heavy atom. The van der Waals surface area contributed by atoms with Gasteiger partial charge in [0.2, 0.25) is 11.8 Å². The molecule has 7 nitrogen and oxygen atoms in total. The summed E-state index contributed by atoms with van der Waals surface area (Å²) in [5, 5.41) is 2.84. The Labute approximate surface area is 296 Å². The van der Waals surface area contributed by atoms with Crippen LogP contribution in [0.4, 0.5) is 18.9 Å². The van der Waals surface area contributed by atoms with Crippen LogP contribution in [0.15, 0.2) is 108 Å². The van der Waals surface area contributed by atoms with Crippen molar-refractivity contribution in [1.82, 2.24) is 10.2 Å². The first-order valence-electron chi connectivity index (χ1n) is 16.5. The molecular weight excluding hydrogens is 687 g/mol. The van der Waals surface area contributed by atoms with Gasteiger partial charge in [-0.3, -0.25) is 13.9 Å². The van der Waals surface area contributed by atoms with Crippen molar-refractivity contribution < 1.29 is 31.2 Å². The van der Waals surface area contributed by atoms with Crippen LogP contribution < -0.4 is 9.62 Å². The lowest BCUT2D eigenvalue weighted by Gasteiger charge is -2.35. The van der Waals surface area contributed by atoms with E-state index in [4.69, 9.17) is 11.6 Å². The fraction of sp³-hybridized carbons (Fsp3) is 0.316. The van der Waals surface area contributed by atoms with E-state index in [0.717, 1.165) is 55.4 Å². The van der Waals surface area contributed by atoms with Crippen molar-refractivity contribution in [3.05, 3.63) is 130 Å². The van der Waals surface area contributed by atoms with Crippen molar-refractivity contribution >= 4 is 39.1 Å². The number of rotatable bonds is 12. The normalized spacial score (nSPS) is 14.5. The fourth-order valence-electron chi connectivity index (χ4n) is 6.22. The maximum absolute atomic E-state index is 14.7. The smallest absolute Gasteiger partial charge is 0.352 e. The second kappa shape index (κ2) is 16.1. The minimum absolute atomic E-state index is 0.0638. The molecule has 5 rings (SSSR count). The summed E-state index contributed by atoms with van der Waals surface area (Å²) in [6.07, 6.45) is -0.108. The van der Waals surface area contributed by atoms with E-state index < -0.39 is 51.9 Å². The highest BCUT2D eigenvalue weighted by atomic mass is 35.5. The standard InChI is InChI=1S/C38H39ClF3N3O4S/c1-27-12-11-15-29(22-27)25-44(35(23-28-13-5-2-6-14-28)37(47)43-31-16-7-3-8-17-31)36(46)26-45(50(48,49)32-18-9-4-10-19-32)34-24-30(38(40,41)42)20-21-33(34)39/h2,4-6,9-15,18-22,24,31,35H,3,7-8,16-17,23,25-26H2,1H3,(H,43,47)/t35-/m1/s1. The Bertz CT molecular complexity index is 1890. The summed E-state index contributed by atoms with van der Waals surface area (Å²) in [6, 6.07) is 24.8. The molecule has 0 aliphatic heterocycles. The van der Waals surface area contributed by atoms with Crippen molar-refractivity contribution in [2.24, 2.45) is 0 Å². The molecule has 1 N–H and O–H groups in total. The molecule has 0 radical (unpaired) electrons. The van der Waals surface area contributed by atoms with Crippen LogP contribution in [0.1, 0.15) is 54.4 Å². The zero-order valence-electron chi connectivity index (χ0n) is 27.6. The summed E-state index contributed by atoms with van der Waals surface area (Å²) in [5.41, 5.74) is 0.721. The first-order valence-corrected chi connectivity index (χ1v) is 18.3. The van der Waals surface area contributed by atoms with Gasteiger partial charge in [0.15, 0.2) is 0 Å². The van der Waals surface area contributed by atoms with Crippen LogP contribution in [-0.2, 0) is 38.8 Å². The average Bonchev–Trinajstić information content (AvgIpc) is 3.09. The number of nitrogens with zero attached hydrogens (tertiary/aromatic N) is 2. The second-order valence-electron chi connectivity index (χ2n) is 12.5. The average molecular weight is 726 g/mol. The van der Waals surface area contributed by atoms with Crippen LogP contribution >= 0.6 is 11.6 Å². The lowest BCUT2D eigenvalue weighted by Crippen LogP contribution is -2.55. The SMILES string of the molecule is Cc1cccc(CN(C(=O)CN(c2cc(C(F)(F)F)ccc2Cl)S(=O)(=O)c2ccccc2)[C@H](Cc2ccccc2)C(=O)NC2CCCCC2)c1. The molecule has 12 heteroatoms. The summed E-state index contributed by atoms with van der Waals surface area (Å²) in [6.45, 7) is 0.897. The molecule has 0 spiro atoms. The number of alkyl halides is 3. The van der Waals surface area contributed by atoms with Gasteiger partial charge in [0, 0.05) is 19.0 Å². The van der Waals surface area contributed by atoms with Crippen molar-refractivity contribution in [2.75, 3.05) is 10.8 Å². The molecule has 50 heavy (non-hydrogen) atoms. The van der Waals surface area contributed by atoms with E-state index in [1.807, 2.05) is 55.5 Å². The lowest BCUT2D eigenvalue weighted by molar-refractivity contribution is -0.140. The zero-order valence-corrected chi connectivity index (χ0v) is 29.1. The third kappa shape index (κ3) is 9.25. The van der Waals surface area contributed by atoms with Gasteiger partial charge < -0.3 is 10.2 Å². The van der Waals surface area contributed by atoms with Gasteiger partial charge in [-0.25, -0.2) is 8.42 Å². The summed E-state index contributed by atoms with van der Waals surface area (Å²) in [5.74, 6) is -1.18. The number of benzene rings is 4. The predicted molar refractivity (Wildman–Crippen MR) is 188 cm³/mol. The first kappa shape index (κ1) is 36.9. The van der Waals surface area contributed by atoms with E-state index in [-0.39, 0.29) is 28.9 Å². The quantitative estimate of drug-likeness (QED) is 0.161. The number of hydrogen-bond donors (Lipinski definition) is 1. The number of hydrogen-bond acceptors (Lipinski definition) is 4. The summed E-state index contributed by atoms with van der Waals surface area (Å²) in [4.78, 5) is 30.0. The molecular formula is C38H39ClF3N3O4S. The molecule has 4 aromatic rings. The number of amides is 2. The highest BCUT2D eigenvalue weighted by molar-refractivity contribution is 7.92. The number of carbonyl (C=O) groups is 2. The predicted octanol–water partition coefficient (Wildman–Crippen LogP) is 7.95. The van der Waals surface area contributed by atoms with Crippen LogP contribution in [0.5, 0.6) is 0 Å². The van der Waals surface area contributed by atoms with E-state index in [1.165, 1.54) is 29.2 Å². The number of anilines is 1. The zero-order chi connectivity index (χ0) is 35.9. The monoisotopic (exact) mass is 725 g/mol. The van der Waals surface area contributed by atoms with Crippen molar-refractivity contribution in [3.63, 3.8) is 0 Å². The molecule has 1 aliphatic rings. The van der Waals surface area contributed by atoms with Crippen LogP contribution in [-0.4, -0.2) is 43.8 Å². The van der Waals surface area contributed by atoms with Crippen LogP contribution in [0.3, 0.4) is 0 Å². The Kier molecular flexibility index (Phi) is 11.9. The lowest BCUT2D eigenvalue weighted by atomic mass is 9.94. The summed E-state index contributed by atoms with van der Waals surface area (Å²) >= 11 is 6.41. The molecule has 1 aliphatic carbocycles. The van der Waals surface area contributed by atoms with Crippen molar-refractivity contribution in [1.29, 1.82) is 0 Å². The van der Waals surface area contributed by atoms with E-state index >= 15 is 0 Å². The highest BCUT2D eigenvalue weighted by Gasteiger charge is 2.38. The highest BCUT2D eigenvalue weighted by Crippen LogP contribution is 2.37. The number of sulfonamides is 1. The Morgan fingerprint density at radius 1 is 0.860 bits per heavy atom. The largest absolute Gasteiger partial charge is 0.416 e. The number of nitrogens with one attached hydrogen (secondary N) is 1. The van der Waals surface area contributed by atoms with Gasteiger partial charge >= 0.3 is 6.18 Å². The minimum atomic E-state index is -4.82. The maximum Gasteiger partial charge on any atom is 0.416 e. The van der Waals surface area contributed by atoms with E-state index in [1.54, 1.807) is 12.1 Å². The van der Waals surface area contributed by atoms with E-state index in [9.17, 15) is 31.2 Å². The molecule has 0 bridgehead atoms. The topological polar surface area (TPSA) is 86.8 Å². The third-order valence-corrected chi connectivity index (χ3v) is 10.9. The number of halogens is 4. The summed E-state index contributed by atoms with van der Waals surface area (Å²) in [7, 11) is -4.64. The number of carbonyl (C=O) groups excluding carboxylic acids is 2. The van der Waals surface area contributed by atoms with E-state index in [2.05, 4.69) is 5.32 Å². The van der Waals surface area contributed by atoms with Crippen LogP contribution in [0.2, 0.25) is 5.02 Å². The maximum atomic E-state index is 14.7. The van der Waals surface area contributed by atoms with Gasteiger partial charge in [-0.2, -0.15) is 13.2 Å². The molecule has 1 atom stereocenters. The molecule has 0 unspecified atom stereocenters. The van der Waals surface area contributed by atoms with Gasteiger partial charge in [-0.15, -0.1) is 0 Å². The van der Waals surface area contributed by atoms with Gasteiger partial charge in [0.05, 0.1) is 21.2 Å². The molecule has 0 saturated heterocycles. The number of aryl methyl sites for hydroxylation is 1. The van der Waals surface area contributed by atoms with Crippen LogP contribution in [0.25, 0.3) is 0 Å². The second-order valence-corrected chi connectivity index (χ2v) is 14.8. The van der Waals surface area contributed by atoms with Gasteiger partial charge in [-0.1, -0.05) is 109 Å². The Hall–Kier alpha value is -4.35. The molecule has 1 fully saturated rings. The molecule has 0 aromatic heterocycles. The molecule has 264 valence electrons. The molecule has 4 aromatic carbocycles. The molecule has 0 heterocycles. The molecule has 2 amide bonds. The first-order chi connectivity index (χ1) is 23.8. The Morgan fingerprint density at radius 2 is 1.50 bits per heavy atom. The Balaban J connectivity index is 1.61. The van der Waals surface area contributed by atoms with E-state index in [0.29, 0.717) is 15.9 Å². The van der Waals surface area contributed by atoms with Crippen molar-refractivity contribution in [2.45, 2.75) is 75.1 Å². The summed E-state index contributed by atoms with van der Waals surface area (Å²) < 4.78 is 70.7. The van der Waals surface area contributed by atoms with Gasteiger partial charge in [0.25, 0.3) is 10.0 Å².